The molecule has 1 aromatic carbocycles. The number of fused-ring (bicyclic) bond motifs is 1. The first-order valence-corrected chi connectivity index (χ1v) is 4.85. The maximum Gasteiger partial charge on any atom is 0.303 e. The molecular formula is C12H12O3. The Morgan fingerprint density at radius 1 is 1.47 bits per heavy atom. The summed E-state index contributed by atoms with van der Waals surface area (Å²) in [5, 5.41) is 9.61. The van der Waals surface area contributed by atoms with Crippen molar-refractivity contribution in [2.45, 2.75) is 19.8 Å². The Morgan fingerprint density at radius 3 is 3.00 bits per heavy atom. The largest absolute Gasteiger partial charge is 0.481 e. The average molecular weight is 204 g/mol. The van der Waals surface area contributed by atoms with Crippen molar-refractivity contribution in [1.29, 1.82) is 0 Å². The molecule has 1 aromatic heterocycles. The highest BCUT2D eigenvalue weighted by molar-refractivity contribution is 5.82. The maximum absolute atomic E-state index is 10.5. The van der Waals surface area contributed by atoms with Crippen LogP contribution in [0.3, 0.4) is 0 Å². The van der Waals surface area contributed by atoms with Crippen LogP contribution in [-0.2, 0) is 11.2 Å². The molecular weight excluding hydrogens is 192 g/mol. The van der Waals surface area contributed by atoms with Crippen molar-refractivity contribution in [2.75, 3.05) is 0 Å². The van der Waals surface area contributed by atoms with Crippen molar-refractivity contribution < 1.29 is 14.3 Å². The van der Waals surface area contributed by atoms with Crippen LogP contribution in [0, 0.1) is 6.92 Å². The van der Waals surface area contributed by atoms with Gasteiger partial charge >= 0.3 is 5.97 Å². The van der Waals surface area contributed by atoms with E-state index in [2.05, 4.69) is 0 Å². The lowest BCUT2D eigenvalue weighted by atomic mass is 10.1. The van der Waals surface area contributed by atoms with Crippen LogP contribution >= 0.6 is 0 Å². The van der Waals surface area contributed by atoms with Crippen molar-refractivity contribution in [3.8, 4) is 0 Å². The second-order valence-electron chi connectivity index (χ2n) is 3.65. The van der Waals surface area contributed by atoms with Gasteiger partial charge in [-0.1, -0.05) is 12.1 Å². The van der Waals surface area contributed by atoms with Crippen LogP contribution in [0.15, 0.2) is 28.9 Å². The zero-order valence-electron chi connectivity index (χ0n) is 8.49. The summed E-state index contributed by atoms with van der Waals surface area (Å²) in [6.07, 6.45) is 2.31. The van der Waals surface area contributed by atoms with E-state index in [9.17, 15) is 4.79 Å². The van der Waals surface area contributed by atoms with Gasteiger partial charge in [0.05, 0.1) is 6.26 Å². The molecule has 0 saturated heterocycles. The normalized spacial score (nSPS) is 10.7. The van der Waals surface area contributed by atoms with Gasteiger partial charge < -0.3 is 9.52 Å². The Kier molecular flexibility index (Phi) is 2.46. The third-order valence-corrected chi connectivity index (χ3v) is 2.42. The van der Waals surface area contributed by atoms with Crippen LogP contribution in [0.4, 0.5) is 0 Å². The lowest BCUT2D eigenvalue weighted by Gasteiger charge is -1.95. The minimum Gasteiger partial charge on any atom is -0.481 e. The van der Waals surface area contributed by atoms with Crippen LogP contribution in [0.5, 0.6) is 0 Å². The molecule has 3 heteroatoms. The molecule has 0 aliphatic rings. The Hall–Kier alpha value is -1.77. The van der Waals surface area contributed by atoms with Gasteiger partial charge in [0, 0.05) is 11.8 Å². The van der Waals surface area contributed by atoms with Gasteiger partial charge in [0.1, 0.15) is 5.58 Å². The van der Waals surface area contributed by atoms with Crippen molar-refractivity contribution in [3.05, 3.63) is 35.6 Å². The van der Waals surface area contributed by atoms with Gasteiger partial charge in [-0.25, -0.2) is 0 Å². The number of carbonyl (C=O) groups is 1. The number of carboxylic acid groups (broad SMARTS) is 1. The smallest absolute Gasteiger partial charge is 0.303 e. The van der Waals surface area contributed by atoms with Gasteiger partial charge in [-0.05, 0) is 30.5 Å². The predicted molar refractivity (Wildman–Crippen MR) is 56.9 cm³/mol. The first-order valence-electron chi connectivity index (χ1n) is 4.85. The molecule has 0 spiro atoms. The van der Waals surface area contributed by atoms with Crippen LogP contribution in [-0.4, -0.2) is 11.1 Å². The Morgan fingerprint density at radius 2 is 2.27 bits per heavy atom. The molecule has 2 rings (SSSR count). The highest BCUT2D eigenvalue weighted by Gasteiger charge is 2.07. The third kappa shape index (κ3) is 2.01. The van der Waals surface area contributed by atoms with E-state index < -0.39 is 5.97 Å². The van der Waals surface area contributed by atoms with E-state index >= 15 is 0 Å². The summed E-state index contributed by atoms with van der Waals surface area (Å²) in [7, 11) is 0. The van der Waals surface area contributed by atoms with Gasteiger partial charge in [-0.15, -0.1) is 0 Å². The molecule has 0 unspecified atom stereocenters. The Bertz CT molecular complexity index is 497. The van der Waals surface area contributed by atoms with E-state index in [0.717, 1.165) is 22.1 Å². The molecule has 2 aromatic rings. The monoisotopic (exact) mass is 204 g/mol. The molecule has 0 radical (unpaired) electrons. The molecule has 0 amide bonds. The third-order valence-electron chi connectivity index (χ3n) is 2.42. The topological polar surface area (TPSA) is 50.4 Å². The van der Waals surface area contributed by atoms with Gasteiger partial charge in [-0.2, -0.15) is 0 Å². The SMILES string of the molecule is Cc1ccc2c(CCC(=O)O)coc2c1. The molecule has 1 N–H and O–H groups in total. The van der Waals surface area contributed by atoms with Crippen LogP contribution < -0.4 is 0 Å². The highest BCUT2D eigenvalue weighted by Crippen LogP contribution is 2.23. The van der Waals surface area contributed by atoms with Crippen molar-refractivity contribution in [1.82, 2.24) is 0 Å². The molecule has 1 heterocycles. The van der Waals surface area contributed by atoms with E-state index in [1.807, 2.05) is 25.1 Å². The zero-order valence-corrected chi connectivity index (χ0v) is 8.49. The van der Waals surface area contributed by atoms with E-state index in [-0.39, 0.29) is 6.42 Å². The summed E-state index contributed by atoms with van der Waals surface area (Å²) >= 11 is 0. The molecule has 0 saturated carbocycles. The minimum atomic E-state index is -0.781. The quantitative estimate of drug-likeness (QED) is 0.836. The summed E-state index contributed by atoms with van der Waals surface area (Å²) in [5.74, 6) is -0.781. The van der Waals surface area contributed by atoms with Crippen molar-refractivity contribution in [2.24, 2.45) is 0 Å². The Balaban J connectivity index is 2.32. The first-order chi connectivity index (χ1) is 7.16. The van der Waals surface area contributed by atoms with Crippen molar-refractivity contribution in [3.63, 3.8) is 0 Å². The van der Waals surface area contributed by atoms with Gasteiger partial charge in [0.25, 0.3) is 0 Å². The number of carboxylic acids is 1. The standard InChI is InChI=1S/C12H12O3/c1-8-2-4-10-9(3-5-12(13)14)7-15-11(10)6-8/h2,4,6-7H,3,5H2,1H3,(H,13,14). The zero-order chi connectivity index (χ0) is 10.8. The number of hydrogen-bond acceptors (Lipinski definition) is 2. The number of benzene rings is 1. The molecule has 0 fully saturated rings. The van der Waals surface area contributed by atoms with E-state index in [1.165, 1.54) is 0 Å². The molecule has 3 nitrogen and oxygen atoms in total. The fourth-order valence-electron chi connectivity index (χ4n) is 1.63. The van der Waals surface area contributed by atoms with Crippen LogP contribution in [0.1, 0.15) is 17.5 Å². The molecule has 15 heavy (non-hydrogen) atoms. The molecule has 0 bridgehead atoms. The fraction of sp³-hybridized carbons (Fsp3) is 0.250. The van der Waals surface area contributed by atoms with Gasteiger partial charge in [-0.3, -0.25) is 4.79 Å². The average Bonchev–Trinajstić information content (AvgIpc) is 2.57. The molecule has 0 aliphatic carbocycles. The summed E-state index contributed by atoms with van der Waals surface area (Å²) in [4.78, 5) is 10.5. The second kappa shape index (κ2) is 3.77. The van der Waals surface area contributed by atoms with Gasteiger partial charge in [0.15, 0.2) is 0 Å². The number of rotatable bonds is 3. The predicted octanol–water partition coefficient (Wildman–Crippen LogP) is 2.76. The first kappa shape index (κ1) is 9.77. The lowest BCUT2D eigenvalue weighted by molar-refractivity contribution is -0.136. The van der Waals surface area contributed by atoms with Crippen LogP contribution in [0.25, 0.3) is 11.0 Å². The molecule has 0 aliphatic heterocycles. The number of furan rings is 1. The lowest BCUT2D eigenvalue weighted by Crippen LogP contribution is -1.96. The summed E-state index contributed by atoms with van der Waals surface area (Å²) in [5.41, 5.74) is 2.93. The van der Waals surface area contributed by atoms with E-state index in [4.69, 9.17) is 9.52 Å². The number of hydrogen-bond donors (Lipinski definition) is 1. The highest BCUT2D eigenvalue weighted by atomic mass is 16.4. The van der Waals surface area contributed by atoms with Gasteiger partial charge in [0.2, 0.25) is 0 Å². The molecule has 0 atom stereocenters. The maximum atomic E-state index is 10.5. The summed E-state index contributed by atoms with van der Waals surface area (Å²) < 4.78 is 5.37. The Labute approximate surface area is 87.3 Å². The summed E-state index contributed by atoms with van der Waals surface area (Å²) in [6, 6.07) is 5.94. The number of aliphatic carboxylic acids is 1. The fourth-order valence-corrected chi connectivity index (χ4v) is 1.63. The van der Waals surface area contributed by atoms with Crippen molar-refractivity contribution >= 4 is 16.9 Å². The van der Waals surface area contributed by atoms with E-state index in [0.29, 0.717) is 6.42 Å². The van der Waals surface area contributed by atoms with E-state index in [1.54, 1.807) is 6.26 Å². The number of aryl methyl sites for hydroxylation is 2. The second-order valence-corrected chi connectivity index (χ2v) is 3.65. The summed E-state index contributed by atoms with van der Waals surface area (Å²) in [6.45, 7) is 2.00. The minimum absolute atomic E-state index is 0.141. The van der Waals surface area contributed by atoms with Crippen LogP contribution in [0.2, 0.25) is 0 Å². The molecule has 78 valence electrons.